The van der Waals surface area contributed by atoms with Gasteiger partial charge >= 0.3 is 0 Å². The summed E-state index contributed by atoms with van der Waals surface area (Å²) in [6.07, 6.45) is 3.03. The number of hydrogen-bond donors (Lipinski definition) is 2. The van der Waals surface area contributed by atoms with Gasteiger partial charge in [-0.05, 0) is 11.8 Å². The summed E-state index contributed by atoms with van der Waals surface area (Å²) in [4.78, 5) is 0. The van der Waals surface area contributed by atoms with Gasteiger partial charge in [-0.3, -0.25) is 0 Å². The lowest BCUT2D eigenvalue weighted by atomic mass is 9.88. The second-order valence-electron chi connectivity index (χ2n) is 3.81. The normalized spacial score (nSPS) is 16.5. The molecule has 2 atom stereocenters. The van der Waals surface area contributed by atoms with Crippen LogP contribution in [0.5, 0.6) is 0 Å². The molecule has 0 aromatic rings. The van der Waals surface area contributed by atoms with E-state index < -0.39 is 6.29 Å². The zero-order chi connectivity index (χ0) is 9.56. The molecule has 0 fully saturated rings. The van der Waals surface area contributed by atoms with Crippen molar-refractivity contribution in [2.24, 2.45) is 11.8 Å². The molecule has 0 aliphatic rings. The maximum Gasteiger partial charge on any atom is 0.151 e. The van der Waals surface area contributed by atoms with Crippen molar-refractivity contribution >= 4 is 0 Å². The number of aliphatic hydroxyl groups is 2. The van der Waals surface area contributed by atoms with Crippen molar-refractivity contribution in [2.75, 3.05) is 0 Å². The molecule has 0 saturated carbocycles. The van der Waals surface area contributed by atoms with Crippen LogP contribution in [0, 0.1) is 11.8 Å². The minimum absolute atomic E-state index is 0.413. The Kier molecular flexibility index (Phi) is 6.39. The monoisotopic (exact) mass is 174 g/mol. The topological polar surface area (TPSA) is 40.5 Å². The van der Waals surface area contributed by atoms with Gasteiger partial charge in [0.15, 0.2) is 6.29 Å². The molecule has 0 aliphatic heterocycles. The van der Waals surface area contributed by atoms with E-state index in [2.05, 4.69) is 20.8 Å². The van der Waals surface area contributed by atoms with Crippen LogP contribution in [0.3, 0.4) is 0 Å². The van der Waals surface area contributed by atoms with Crippen LogP contribution in [0.15, 0.2) is 0 Å². The SMILES string of the molecule is CCCCC(C)C(C)CC(O)O. The van der Waals surface area contributed by atoms with Crippen LogP contribution in [0.25, 0.3) is 0 Å². The maximum atomic E-state index is 8.75. The van der Waals surface area contributed by atoms with Crippen molar-refractivity contribution in [2.45, 2.75) is 52.7 Å². The lowest BCUT2D eigenvalue weighted by molar-refractivity contribution is -0.0590. The van der Waals surface area contributed by atoms with Crippen molar-refractivity contribution in [3.8, 4) is 0 Å². The second kappa shape index (κ2) is 6.44. The van der Waals surface area contributed by atoms with Crippen molar-refractivity contribution < 1.29 is 10.2 Å². The third-order valence-electron chi connectivity index (χ3n) is 2.57. The Labute approximate surface area is 75.6 Å². The first kappa shape index (κ1) is 11.9. The quantitative estimate of drug-likeness (QED) is 0.606. The molecule has 0 aromatic carbocycles. The van der Waals surface area contributed by atoms with Crippen LogP contribution in [-0.2, 0) is 0 Å². The van der Waals surface area contributed by atoms with Crippen LogP contribution in [0.1, 0.15) is 46.5 Å². The molecule has 0 rings (SSSR count). The fourth-order valence-corrected chi connectivity index (χ4v) is 1.38. The average molecular weight is 174 g/mol. The van der Waals surface area contributed by atoms with E-state index in [1.165, 1.54) is 19.3 Å². The van der Waals surface area contributed by atoms with Gasteiger partial charge in [0.2, 0.25) is 0 Å². The van der Waals surface area contributed by atoms with Crippen LogP contribution < -0.4 is 0 Å². The zero-order valence-electron chi connectivity index (χ0n) is 8.45. The summed E-state index contributed by atoms with van der Waals surface area (Å²) < 4.78 is 0. The van der Waals surface area contributed by atoms with Gasteiger partial charge in [-0.15, -0.1) is 0 Å². The van der Waals surface area contributed by atoms with E-state index in [0.717, 1.165) is 0 Å². The highest BCUT2D eigenvalue weighted by molar-refractivity contribution is 4.62. The molecular weight excluding hydrogens is 152 g/mol. The van der Waals surface area contributed by atoms with Gasteiger partial charge in [0, 0.05) is 6.42 Å². The fourth-order valence-electron chi connectivity index (χ4n) is 1.38. The number of aliphatic hydroxyl groups excluding tert-OH is 1. The largest absolute Gasteiger partial charge is 0.368 e. The Hall–Kier alpha value is -0.0800. The third kappa shape index (κ3) is 5.56. The molecule has 74 valence electrons. The molecule has 0 radical (unpaired) electrons. The summed E-state index contributed by atoms with van der Waals surface area (Å²) in [6.45, 7) is 6.45. The summed E-state index contributed by atoms with van der Waals surface area (Å²) in [7, 11) is 0. The van der Waals surface area contributed by atoms with Crippen LogP contribution in [0.4, 0.5) is 0 Å². The maximum absolute atomic E-state index is 8.75. The van der Waals surface area contributed by atoms with E-state index in [9.17, 15) is 0 Å². The van der Waals surface area contributed by atoms with E-state index in [0.29, 0.717) is 18.3 Å². The van der Waals surface area contributed by atoms with Crippen molar-refractivity contribution in [3.05, 3.63) is 0 Å². The minimum atomic E-state index is -1.14. The molecule has 0 bridgehead atoms. The molecule has 0 aliphatic carbocycles. The summed E-state index contributed by atoms with van der Waals surface area (Å²) in [5.74, 6) is 1.02. The van der Waals surface area contributed by atoms with E-state index in [1.54, 1.807) is 0 Å². The Balaban J connectivity index is 3.53. The molecule has 2 heteroatoms. The van der Waals surface area contributed by atoms with Gasteiger partial charge in [0.1, 0.15) is 0 Å². The lowest BCUT2D eigenvalue weighted by Crippen LogP contribution is -2.16. The minimum Gasteiger partial charge on any atom is -0.368 e. The van der Waals surface area contributed by atoms with Gasteiger partial charge in [0.25, 0.3) is 0 Å². The summed E-state index contributed by atoms with van der Waals surface area (Å²) in [5, 5.41) is 17.5. The average Bonchev–Trinajstić information content (AvgIpc) is 1.98. The van der Waals surface area contributed by atoms with Gasteiger partial charge in [0.05, 0.1) is 0 Å². The Morgan fingerprint density at radius 1 is 1.08 bits per heavy atom. The molecule has 12 heavy (non-hydrogen) atoms. The van der Waals surface area contributed by atoms with Crippen LogP contribution in [-0.4, -0.2) is 16.5 Å². The molecule has 2 unspecified atom stereocenters. The summed E-state index contributed by atoms with van der Waals surface area (Å²) in [5.41, 5.74) is 0. The summed E-state index contributed by atoms with van der Waals surface area (Å²) in [6, 6.07) is 0. The molecule has 0 spiro atoms. The number of rotatable bonds is 6. The van der Waals surface area contributed by atoms with E-state index >= 15 is 0 Å². The molecule has 0 heterocycles. The Morgan fingerprint density at radius 2 is 1.67 bits per heavy atom. The predicted molar refractivity (Wildman–Crippen MR) is 50.7 cm³/mol. The third-order valence-corrected chi connectivity index (χ3v) is 2.57. The molecule has 2 nitrogen and oxygen atoms in total. The first-order chi connectivity index (χ1) is 5.57. The zero-order valence-corrected chi connectivity index (χ0v) is 8.45. The van der Waals surface area contributed by atoms with Crippen LogP contribution >= 0.6 is 0 Å². The standard InChI is InChI=1S/C10H22O2/c1-4-5-6-8(2)9(3)7-10(11)12/h8-12H,4-7H2,1-3H3. The number of unbranched alkanes of at least 4 members (excludes halogenated alkanes) is 1. The molecule has 0 aromatic heterocycles. The fraction of sp³-hybridized carbons (Fsp3) is 1.00. The second-order valence-corrected chi connectivity index (χ2v) is 3.81. The van der Waals surface area contributed by atoms with Gasteiger partial charge in [-0.2, -0.15) is 0 Å². The highest BCUT2D eigenvalue weighted by atomic mass is 16.5. The van der Waals surface area contributed by atoms with Crippen molar-refractivity contribution in [1.82, 2.24) is 0 Å². The van der Waals surface area contributed by atoms with Crippen LogP contribution in [0.2, 0.25) is 0 Å². The smallest absolute Gasteiger partial charge is 0.151 e. The first-order valence-corrected chi connectivity index (χ1v) is 4.94. The predicted octanol–water partition coefficient (Wildman–Crippen LogP) is 2.15. The lowest BCUT2D eigenvalue weighted by Gasteiger charge is -2.20. The Morgan fingerprint density at radius 3 is 2.08 bits per heavy atom. The highest BCUT2D eigenvalue weighted by Crippen LogP contribution is 2.21. The number of hydrogen-bond acceptors (Lipinski definition) is 2. The van der Waals surface area contributed by atoms with Gasteiger partial charge < -0.3 is 10.2 Å². The molecular formula is C10H22O2. The van der Waals surface area contributed by atoms with E-state index in [-0.39, 0.29) is 0 Å². The van der Waals surface area contributed by atoms with Crippen molar-refractivity contribution in [1.29, 1.82) is 0 Å². The molecule has 0 amide bonds. The molecule has 2 N–H and O–H groups in total. The highest BCUT2D eigenvalue weighted by Gasteiger charge is 2.14. The summed E-state index contributed by atoms with van der Waals surface area (Å²) >= 11 is 0. The van der Waals surface area contributed by atoms with E-state index in [4.69, 9.17) is 10.2 Å². The van der Waals surface area contributed by atoms with Gasteiger partial charge in [-0.25, -0.2) is 0 Å². The van der Waals surface area contributed by atoms with E-state index in [1.807, 2.05) is 0 Å². The van der Waals surface area contributed by atoms with Gasteiger partial charge in [-0.1, -0.05) is 40.0 Å². The first-order valence-electron chi connectivity index (χ1n) is 4.94. The van der Waals surface area contributed by atoms with Crippen molar-refractivity contribution in [3.63, 3.8) is 0 Å². The Bertz CT molecular complexity index is 102. The molecule has 0 saturated heterocycles.